The van der Waals surface area contributed by atoms with Crippen LogP contribution < -0.4 is 9.62 Å². The SMILES string of the molecule is Cc1cccc(C(C)C)c1NC(=O)CCN(c1ccccc1F)S(C)(=O)=O. The first-order valence-electron chi connectivity index (χ1n) is 8.73. The van der Waals surface area contributed by atoms with Gasteiger partial charge in [0.25, 0.3) is 0 Å². The van der Waals surface area contributed by atoms with Gasteiger partial charge in [0.05, 0.1) is 11.9 Å². The van der Waals surface area contributed by atoms with E-state index in [4.69, 9.17) is 0 Å². The molecule has 0 heterocycles. The zero-order valence-corrected chi connectivity index (χ0v) is 16.8. The van der Waals surface area contributed by atoms with Gasteiger partial charge in [-0.3, -0.25) is 9.10 Å². The Morgan fingerprint density at radius 1 is 1.15 bits per heavy atom. The Kier molecular flexibility index (Phi) is 6.59. The molecule has 0 spiro atoms. The van der Waals surface area contributed by atoms with Crippen molar-refractivity contribution < 1.29 is 17.6 Å². The van der Waals surface area contributed by atoms with Crippen molar-refractivity contribution in [3.05, 3.63) is 59.4 Å². The van der Waals surface area contributed by atoms with E-state index in [0.717, 1.165) is 27.4 Å². The lowest BCUT2D eigenvalue weighted by Crippen LogP contribution is -2.33. The van der Waals surface area contributed by atoms with E-state index in [9.17, 15) is 17.6 Å². The normalized spacial score (nSPS) is 11.5. The fourth-order valence-electron chi connectivity index (χ4n) is 2.87. The molecule has 0 aliphatic carbocycles. The second-order valence-corrected chi connectivity index (χ2v) is 8.69. The number of nitrogens with zero attached hydrogens (tertiary/aromatic N) is 1. The van der Waals surface area contributed by atoms with Gasteiger partial charge in [0.15, 0.2) is 0 Å². The van der Waals surface area contributed by atoms with Crippen LogP contribution in [0.2, 0.25) is 0 Å². The number of aryl methyl sites for hydroxylation is 1. The summed E-state index contributed by atoms with van der Waals surface area (Å²) >= 11 is 0. The highest BCUT2D eigenvalue weighted by Crippen LogP contribution is 2.28. The zero-order chi connectivity index (χ0) is 20.2. The third-order valence-corrected chi connectivity index (χ3v) is 5.43. The Hall–Kier alpha value is -2.41. The molecule has 0 aromatic heterocycles. The smallest absolute Gasteiger partial charge is 0.232 e. The van der Waals surface area contributed by atoms with Gasteiger partial charge in [-0.2, -0.15) is 0 Å². The van der Waals surface area contributed by atoms with Crippen LogP contribution in [0.1, 0.15) is 37.3 Å². The molecule has 0 aliphatic heterocycles. The van der Waals surface area contributed by atoms with E-state index in [-0.39, 0.29) is 30.5 Å². The molecule has 2 rings (SSSR count). The van der Waals surface area contributed by atoms with Crippen LogP contribution in [0.4, 0.5) is 15.8 Å². The van der Waals surface area contributed by atoms with Crippen LogP contribution >= 0.6 is 0 Å². The van der Waals surface area contributed by atoms with Crippen molar-refractivity contribution in [1.82, 2.24) is 0 Å². The average molecular weight is 392 g/mol. The van der Waals surface area contributed by atoms with Gasteiger partial charge in [-0.05, 0) is 36.1 Å². The van der Waals surface area contributed by atoms with Crippen LogP contribution in [0, 0.1) is 12.7 Å². The molecule has 0 radical (unpaired) electrons. The van der Waals surface area contributed by atoms with E-state index >= 15 is 0 Å². The fraction of sp³-hybridized carbons (Fsp3) is 0.350. The number of hydrogen-bond acceptors (Lipinski definition) is 3. The molecule has 7 heteroatoms. The van der Waals surface area contributed by atoms with Crippen molar-refractivity contribution in [3.63, 3.8) is 0 Å². The molecule has 0 atom stereocenters. The number of nitrogens with one attached hydrogen (secondary N) is 1. The summed E-state index contributed by atoms with van der Waals surface area (Å²) in [6.07, 6.45) is 0.906. The molecular weight excluding hydrogens is 367 g/mol. The summed E-state index contributed by atoms with van der Waals surface area (Å²) < 4.78 is 39.1. The summed E-state index contributed by atoms with van der Waals surface area (Å²) in [5.74, 6) is -0.744. The van der Waals surface area contributed by atoms with Crippen molar-refractivity contribution in [2.45, 2.75) is 33.1 Å². The van der Waals surface area contributed by atoms with Crippen molar-refractivity contribution >= 4 is 27.3 Å². The van der Waals surface area contributed by atoms with Crippen molar-refractivity contribution in [1.29, 1.82) is 0 Å². The predicted octanol–water partition coefficient (Wildman–Crippen LogP) is 4.05. The topological polar surface area (TPSA) is 66.5 Å². The van der Waals surface area contributed by atoms with Crippen LogP contribution in [0.3, 0.4) is 0 Å². The van der Waals surface area contributed by atoms with E-state index in [2.05, 4.69) is 5.32 Å². The number of halogens is 1. The van der Waals surface area contributed by atoms with Gasteiger partial charge in [0.1, 0.15) is 5.82 Å². The maximum Gasteiger partial charge on any atom is 0.232 e. The van der Waals surface area contributed by atoms with Gasteiger partial charge in [0, 0.05) is 18.7 Å². The number of carbonyl (C=O) groups excluding carboxylic acids is 1. The first kappa shape index (κ1) is 20.9. The predicted molar refractivity (Wildman–Crippen MR) is 107 cm³/mol. The van der Waals surface area contributed by atoms with E-state index in [1.807, 2.05) is 39.0 Å². The maximum atomic E-state index is 14.0. The summed E-state index contributed by atoms with van der Waals surface area (Å²) in [6.45, 7) is 5.83. The number of anilines is 2. The van der Waals surface area contributed by atoms with E-state index in [1.54, 1.807) is 6.07 Å². The molecule has 0 fully saturated rings. The number of hydrogen-bond donors (Lipinski definition) is 1. The number of sulfonamides is 1. The molecule has 0 bridgehead atoms. The summed E-state index contributed by atoms with van der Waals surface area (Å²) in [7, 11) is -3.73. The summed E-state index contributed by atoms with van der Waals surface area (Å²) in [4.78, 5) is 12.5. The van der Waals surface area contributed by atoms with Crippen LogP contribution in [-0.2, 0) is 14.8 Å². The second-order valence-electron chi connectivity index (χ2n) is 6.78. The molecule has 5 nitrogen and oxygen atoms in total. The Bertz CT molecular complexity index is 927. The second kappa shape index (κ2) is 8.52. The first-order valence-corrected chi connectivity index (χ1v) is 10.6. The minimum atomic E-state index is -3.73. The Labute approximate surface area is 160 Å². The minimum absolute atomic E-state index is 0.0634. The molecule has 0 aliphatic rings. The molecule has 27 heavy (non-hydrogen) atoms. The van der Waals surface area contributed by atoms with E-state index in [1.165, 1.54) is 18.2 Å². The van der Waals surface area contributed by atoms with Gasteiger partial charge in [-0.1, -0.05) is 44.2 Å². The molecular formula is C20H25FN2O3S. The molecule has 2 aromatic carbocycles. The van der Waals surface area contributed by atoms with Gasteiger partial charge < -0.3 is 5.32 Å². The molecule has 0 saturated heterocycles. The molecule has 0 saturated carbocycles. The lowest BCUT2D eigenvalue weighted by Gasteiger charge is -2.23. The highest BCUT2D eigenvalue weighted by Gasteiger charge is 2.22. The maximum absolute atomic E-state index is 14.0. The Balaban J connectivity index is 2.18. The van der Waals surface area contributed by atoms with Crippen molar-refractivity contribution in [2.24, 2.45) is 0 Å². The van der Waals surface area contributed by atoms with Crippen LogP contribution in [0.25, 0.3) is 0 Å². The summed E-state index contributed by atoms with van der Waals surface area (Å²) in [6, 6.07) is 11.4. The summed E-state index contributed by atoms with van der Waals surface area (Å²) in [5.41, 5.74) is 2.63. The number of benzene rings is 2. The van der Waals surface area contributed by atoms with Gasteiger partial charge in [-0.15, -0.1) is 0 Å². The quantitative estimate of drug-likeness (QED) is 0.773. The zero-order valence-electron chi connectivity index (χ0n) is 16.0. The highest BCUT2D eigenvalue weighted by atomic mass is 32.2. The lowest BCUT2D eigenvalue weighted by molar-refractivity contribution is -0.116. The Morgan fingerprint density at radius 2 is 1.81 bits per heavy atom. The van der Waals surface area contributed by atoms with Gasteiger partial charge >= 0.3 is 0 Å². The van der Waals surface area contributed by atoms with Crippen molar-refractivity contribution in [3.8, 4) is 0 Å². The molecule has 146 valence electrons. The van der Waals surface area contributed by atoms with Crippen molar-refractivity contribution in [2.75, 3.05) is 22.4 Å². The van der Waals surface area contributed by atoms with Gasteiger partial charge in [-0.25, -0.2) is 12.8 Å². The standard InChI is InChI=1S/C20H25FN2O3S/c1-14(2)16-9-7-8-15(3)20(16)22-19(24)12-13-23(27(4,25)26)18-11-6-5-10-17(18)21/h5-11,14H,12-13H2,1-4H3,(H,22,24). The average Bonchev–Trinajstić information content (AvgIpc) is 2.57. The lowest BCUT2D eigenvalue weighted by atomic mass is 9.98. The molecule has 1 amide bonds. The number of carbonyl (C=O) groups is 1. The van der Waals surface area contributed by atoms with E-state index < -0.39 is 15.8 Å². The fourth-order valence-corrected chi connectivity index (χ4v) is 3.79. The largest absolute Gasteiger partial charge is 0.326 e. The number of rotatable bonds is 7. The highest BCUT2D eigenvalue weighted by molar-refractivity contribution is 7.92. The third-order valence-electron chi connectivity index (χ3n) is 4.25. The first-order chi connectivity index (χ1) is 12.6. The molecule has 2 aromatic rings. The van der Waals surface area contributed by atoms with Crippen LogP contribution in [0.15, 0.2) is 42.5 Å². The number of para-hydroxylation sites is 2. The van der Waals surface area contributed by atoms with Crippen LogP contribution in [0.5, 0.6) is 0 Å². The molecule has 1 N–H and O–H groups in total. The van der Waals surface area contributed by atoms with Crippen LogP contribution in [-0.4, -0.2) is 27.1 Å². The minimum Gasteiger partial charge on any atom is -0.326 e. The molecule has 0 unspecified atom stereocenters. The van der Waals surface area contributed by atoms with E-state index in [0.29, 0.717) is 0 Å². The third kappa shape index (κ3) is 5.29. The Morgan fingerprint density at radius 3 is 2.41 bits per heavy atom. The summed E-state index contributed by atoms with van der Waals surface area (Å²) in [5, 5.41) is 2.88. The number of amides is 1. The van der Waals surface area contributed by atoms with Gasteiger partial charge in [0.2, 0.25) is 15.9 Å². The monoisotopic (exact) mass is 392 g/mol.